The van der Waals surface area contributed by atoms with Crippen LogP contribution in [0.25, 0.3) is 0 Å². The van der Waals surface area contributed by atoms with E-state index in [1.807, 2.05) is 0 Å². The van der Waals surface area contributed by atoms with E-state index in [9.17, 15) is 5.11 Å². The lowest BCUT2D eigenvalue weighted by molar-refractivity contribution is 0.418. The molecular formula is C13H16N2O. The second-order valence-corrected chi connectivity index (χ2v) is 4.41. The molecule has 84 valence electrons. The highest BCUT2D eigenvalue weighted by molar-refractivity contribution is 5.44. The summed E-state index contributed by atoms with van der Waals surface area (Å²) in [5.41, 5.74) is 8.71. The highest BCUT2D eigenvalue weighted by Gasteiger charge is 2.19. The summed E-state index contributed by atoms with van der Waals surface area (Å²) < 4.78 is 0. The Hall–Kier alpha value is -1.53. The van der Waals surface area contributed by atoms with E-state index >= 15 is 0 Å². The van der Waals surface area contributed by atoms with Crippen molar-refractivity contribution in [1.82, 2.24) is 0 Å². The van der Waals surface area contributed by atoms with Crippen LogP contribution in [0.15, 0.2) is 34.6 Å². The van der Waals surface area contributed by atoms with Gasteiger partial charge in [0.2, 0.25) is 0 Å². The fourth-order valence-corrected chi connectivity index (χ4v) is 2.25. The zero-order valence-corrected chi connectivity index (χ0v) is 9.24. The largest absolute Gasteiger partial charge is 0.508 e. The first-order chi connectivity index (χ1) is 7.70. The number of nitrogens with zero attached hydrogens (tertiary/aromatic N) is 1. The van der Waals surface area contributed by atoms with Crippen LogP contribution in [0.2, 0.25) is 0 Å². The van der Waals surface area contributed by atoms with Gasteiger partial charge in [-0.25, -0.2) is 0 Å². The molecule has 0 bridgehead atoms. The van der Waals surface area contributed by atoms with E-state index in [1.165, 1.54) is 5.57 Å². The molecule has 3 heteroatoms. The first-order valence-corrected chi connectivity index (χ1v) is 5.68. The summed E-state index contributed by atoms with van der Waals surface area (Å²) in [4.78, 5) is 0. The van der Waals surface area contributed by atoms with Crippen molar-refractivity contribution in [2.24, 2.45) is 5.73 Å². The van der Waals surface area contributed by atoms with Gasteiger partial charge in [-0.2, -0.15) is 5.26 Å². The van der Waals surface area contributed by atoms with Gasteiger partial charge in [0.05, 0.1) is 6.07 Å². The van der Waals surface area contributed by atoms with Crippen LogP contribution in [-0.4, -0.2) is 11.1 Å². The molecular weight excluding hydrogens is 200 g/mol. The molecule has 0 aromatic rings. The summed E-state index contributed by atoms with van der Waals surface area (Å²) in [5, 5.41) is 18.6. The Morgan fingerprint density at radius 2 is 2.19 bits per heavy atom. The minimum Gasteiger partial charge on any atom is -0.508 e. The summed E-state index contributed by atoms with van der Waals surface area (Å²) in [6.45, 7) is 0. The van der Waals surface area contributed by atoms with E-state index in [-0.39, 0.29) is 11.8 Å². The van der Waals surface area contributed by atoms with Crippen molar-refractivity contribution in [3.8, 4) is 6.07 Å². The van der Waals surface area contributed by atoms with Crippen molar-refractivity contribution in [3.05, 3.63) is 34.6 Å². The van der Waals surface area contributed by atoms with Crippen LogP contribution in [0.1, 0.15) is 32.1 Å². The van der Waals surface area contributed by atoms with Crippen LogP contribution in [-0.2, 0) is 0 Å². The fourth-order valence-electron chi connectivity index (χ4n) is 2.25. The summed E-state index contributed by atoms with van der Waals surface area (Å²) in [6, 6.07) is 2.36. The molecule has 2 aliphatic carbocycles. The average Bonchev–Trinajstić information content (AvgIpc) is 2.30. The van der Waals surface area contributed by atoms with Crippen molar-refractivity contribution in [2.75, 3.05) is 0 Å². The molecule has 16 heavy (non-hydrogen) atoms. The number of hydrogen-bond donors (Lipinski definition) is 2. The van der Waals surface area contributed by atoms with Crippen molar-refractivity contribution in [3.63, 3.8) is 0 Å². The molecule has 0 aromatic carbocycles. The van der Waals surface area contributed by atoms with Crippen molar-refractivity contribution < 1.29 is 5.11 Å². The molecule has 0 saturated heterocycles. The van der Waals surface area contributed by atoms with Crippen LogP contribution in [0.5, 0.6) is 0 Å². The number of allylic oxidation sites excluding steroid dienone is 4. The third kappa shape index (κ3) is 2.17. The summed E-state index contributed by atoms with van der Waals surface area (Å²) >= 11 is 0. The minimum absolute atomic E-state index is 0.264. The Morgan fingerprint density at radius 3 is 2.75 bits per heavy atom. The van der Waals surface area contributed by atoms with E-state index in [2.05, 4.69) is 12.1 Å². The van der Waals surface area contributed by atoms with Gasteiger partial charge in [0.25, 0.3) is 0 Å². The van der Waals surface area contributed by atoms with E-state index in [1.54, 1.807) is 6.08 Å². The lowest BCUT2D eigenvalue weighted by Crippen LogP contribution is -2.22. The molecule has 2 aliphatic rings. The van der Waals surface area contributed by atoms with E-state index < -0.39 is 0 Å². The van der Waals surface area contributed by atoms with Crippen LogP contribution >= 0.6 is 0 Å². The quantitative estimate of drug-likeness (QED) is 0.707. The SMILES string of the molecule is N#CC1=CC(O)=C(C2=CCC(N)CC2)CC1. The number of aliphatic hydroxyl groups is 1. The Morgan fingerprint density at radius 1 is 1.38 bits per heavy atom. The Kier molecular flexibility index (Phi) is 3.12. The number of aliphatic hydroxyl groups excluding tert-OH is 1. The highest BCUT2D eigenvalue weighted by atomic mass is 16.3. The van der Waals surface area contributed by atoms with Crippen molar-refractivity contribution in [2.45, 2.75) is 38.1 Å². The molecule has 0 fully saturated rings. The maximum atomic E-state index is 9.87. The maximum Gasteiger partial charge on any atom is 0.120 e. The molecule has 0 spiro atoms. The van der Waals surface area contributed by atoms with Crippen molar-refractivity contribution in [1.29, 1.82) is 5.26 Å². The van der Waals surface area contributed by atoms with Gasteiger partial charge in [-0.1, -0.05) is 6.08 Å². The second-order valence-electron chi connectivity index (χ2n) is 4.41. The van der Waals surface area contributed by atoms with Crippen LogP contribution < -0.4 is 5.73 Å². The zero-order valence-electron chi connectivity index (χ0n) is 9.24. The third-order valence-electron chi connectivity index (χ3n) is 3.25. The normalized spacial score (nSPS) is 25.9. The van der Waals surface area contributed by atoms with Gasteiger partial charge >= 0.3 is 0 Å². The lowest BCUT2D eigenvalue weighted by atomic mass is 9.85. The number of nitrogens with two attached hydrogens (primary N) is 1. The maximum absolute atomic E-state index is 9.87. The zero-order chi connectivity index (χ0) is 11.5. The predicted molar refractivity (Wildman–Crippen MR) is 62.5 cm³/mol. The minimum atomic E-state index is 0.264. The second kappa shape index (κ2) is 4.54. The molecule has 0 aromatic heterocycles. The summed E-state index contributed by atoms with van der Waals surface area (Å²) in [7, 11) is 0. The van der Waals surface area contributed by atoms with Crippen LogP contribution in [0.4, 0.5) is 0 Å². The van der Waals surface area contributed by atoms with Gasteiger partial charge in [-0.3, -0.25) is 0 Å². The van der Waals surface area contributed by atoms with Crippen LogP contribution in [0, 0.1) is 11.3 Å². The highest BCUT2D eigenvalue weighted by Crippen LogP contribution is 2.32. The number of rotatable bonds is 1. The van der Waals surface area contributed by atoms with Gasteiger partial charge in [0.15, 0.2) is 0 Å². The average molecular weight is 216 g/mol. The Balaban J connectivity index is 2.23. The van der Waals surface area contributed by atoms with Crippen molar-refractivity contribution >= 4 is 0 Å². The van der Waals surface area contributed by atoms with Gasteiger partial charge in [-0.15, -0.1) is 0 Å². The summed E-state index contributed by atoms with van der Waals surface area (Å²) in [5.74, 6) is 0.268. The monoisotopic (exact) mass is 216 g/mol. The lowest BCUT2D eigenvalue weighted by Gasteiger charge is -2.22. The van der Waals surface area contributed by atoms with E-state index in [0.29, 0.717) is 5.57 Å². The molecule has 3 nitrogen and oxygen atoms in total. The molecule has 0 radical (unpaired) electrons. The van der Waals surface area contributed by atoms with Gasteiger partial charge in [-0.05, 0) is 49.3 Å². The molecule has 0 amide bonds. The number of hydrogen-bond acceptors (Lipinski definition) is 3. The standard InChI is InChI=1S/C13H16N2O/c14-8-9-1-6-12(13(16)7-9)10-2-4-11(15)5-3-10/h2,7,11,16H,1,3-6,15H2. The van der Waals surface area contributed by atoms with Crippen LogP contribution in [0.3, 0.4) is 0 Å². The predicted octanol–water partition coefficient (Wildman–Crippen LogP) is 2.48. The molecule has 2 rings (SSSR count). The molecule has 0 aliphatic heterocycles. The first-order valence-electron chi connectivity index (χ1n) is 5.68. The first kappa shape index (κ1) is 11.0. The topological polar surface area (TPSA) is 70.0 Å². The van der Waals surface area contributed by atoms with Gasteiger partial charge in [0, 0.05) is 11.6 Å². The molecule has 1 atom stereocenters. The van der Waals surface area contributed by atoms with E-state index in [4.69, 9.17) is 11.0 Å². The molecule has 1 unspecified atom stereocenters. The van der Waals surface area contributed by atoms with E-state index in [0.717, 1.165) is 37.7 Å². The smallest absolute Gasteiger partial charge is 0.120 e. The molecule has 0 heterocycles. The number of nitriles is 1. The molecule has 0 saturated carbocycles. The van der Waals surface area contributed by atoms with Gasteiger partial charge < -0.3 is 10.8 Å². The van der Waals surface area contributed by atoms with Gasteiger partial charge in [0.1, 0.15) is 5.76 Å². The fraction of sp³-hybridized carbons (Fsp3) is 0.462. The summed E-state index contributed by atoms with van der Waals surface area (Å²) in [6.07, 6.45) is 8.04. The Labute approximate surface area is 95.6 Å². The molecule has 3 N–H and O–H groups in total. The Bertz CT molecular complexity index is 424. The third-order valence-corrected chi connectivity index (χ3v) is 3.25.